The summed E-state index contributed by atoms with van der Waals surface area (Å²) in [5, 5.41) is 0. The van der Waals surface area contributed by atoms with E-state index in [4.69, 9.17) is 4.42 Å². The zero-order valence-electron chi connectivity index (χ0n) is 15.8. The van der Waals surface area contributed by atoms with Gasteiger partial charge in [0.1, 0.15) is 11.6 Å². The molecule has 156 valence electrons. The Kier molecular flexibility index (Phi) is 5.77. The molecular weight excluding hydrogens is 475 g/mol. The van der Waals surface area contributed by atoms with E-state index >= 15 is 0 Å². The number of hydrogen-bond acceptors (Lipinski definition) is 4. The monoisotopic (exact) mass is 492 g/mol. The number of sulfonamides is 1. The van der Waals surface area contributed by atoms with Gasteiger partial charge in [-0.15, -0.1) is 0 Å². The van der Waals surface area contributed by atoms with E-state index in [1.807, 2.05) is 0 Å². The Morgan fingerprint density at radius 1 is 0.900 bits per heavy atom. The van der Waals surface area contributed by atoms with Crippen LogP contribution in [-0.2, 0) is 10.0 Å². The molecule has 2 aromatic carbocycles. The molecule has 0 bridgehead atoms. The maximum atomic E-state index is 13.1. The fourth-order valence-electron chi connectivity index (χ4n) is 3.27. The van der Waals surface area contributed by atoms with Crippen molar-refractivity contribution in [1.82, 2.24) is 9.21 Å². The lowest BCUT2D eigenvalue weighted by molar-refractivity contribution is 0.0667. The smallest absolute Gasteiger partial charge is 0.289 e. The molecular formula is C21H18BrFN2O4S. The summed E-state index contributed by atoms with van der Waals surface area (Å²) in [5.41, 5.74) is 0.667. The van der Waals surface area contributed by atoms with E-state index in [9.17, 15) is 17.6 Å². The Morgan fingerprint density at radius 3 is 2.17 bits per heavy atom. The molecule has 0 spiro atoms. The highest BCUT2D eigenvalue weighted by molar-refractivity contribution is 9.10. The van der Waals surface area contributed by atoms with Crippen LogP contribution in [-0.4, -0.2) is 49.7 Å². The third-order valence-corrected chi connectivity index (χ3v) is 7.36. The van der Waals surface area contributed by atoms with Crippen LogP contribution in [0.25, 0.3) is 11.3 Å². The summed E-state index contributed by atoms with van der Waals surface area (Å²) in [6, 6.07) is 15.5. The van der Waals surface area contributed by atoms with Crippen LogP contribution in [0.4, 0.5) is 4.39 Å². The van der Waals surface area contributed by atoms with Gasteiger partial charge in [-0.1, -0.05) is 15.9 Å². The second kappa shape index (κ2) is 8.33. The fourth-order valence-corrected chi connectivity index (χ4v) is 4.95. The van der Waals surface area contributed by atoms with E-state index in [0.717, 1.165) is 4.47 Å². The maximum absolute atomic E-state index is 13.1. The predicted molar refractivity (Wildman–Crippen MR) is 113 cm³/mol. The first-order chi connectivity index (χ1) is 14.3. The third kappa shape index (κ3) is 4.19. The molecule has 2 heterocycles. The molecule has 9 heteroatoms. The molecule has 1 aromatic heterocycles. The molecule has 0 radical (unpaired) electrons. The van der Waals surface area contributed by atoms with Crippen molar-refractivity contribution in [3.05, 3.63) is 76.7 Å². The van der Waals surface area contributed by atoms with Crippen LogP contribution in [0.1, 0.15) is 10.6 Å². The zero-order chi connectivity index (χ0) is 21.3. The van der Waals surface area contributed by atoms with Gasteiger partial charge < -0.3 is 9.32 Å². The number of hydrogen-bond donors (Lipinski definition) is 0. The number of furan rings is 1. The Bertz CT molecular complexity index is 1150. The topological polar surface area (TPSA) is 70.8 Å². The van der Waals surface area contributed by atoms with Gasteiger partial charge in [-0.05, 0) is 60.7 Å². The minimum absolute atomic E-state index is 0.165. The molecule has 0 atom stereocenters. The van der Waals surface area contributed by atoms with Crippen LogP contribution in [0.2, 0.25) is 0 Å². The second-order valence-corrected chi connectivity index (χ2v) is 9.67. The van der Waals surface area contributed by atoms with Crippen molar-refractivity contribution in [2.75, 3.05) is 26.2 Å². The Balaban J connectivity index is 1.42. The van der Waals surface area contributed by atoms with E-state index in [-0.39, 0.29) is 48.6 Å². The minimum Gasteiger partial charge on any atom is -0.451 e. The standard InChI is InChI=1S/C21H18BrFN2O4S/c22-16-3-7-18(8-4-16)30(27,28)25-13-11-24(12-14-25)21(26)20-10-9-19(29-20)15-1-5-17(23)6-2-15/h1-10H,11-14H2. The zero-order valence-corrected chi connectivity index (χ0v) is 18.2. The van der Waals surface area contributed by atoms with Crippen molar-refractivity contribution in [2.24, 2.45) is 0 Å². The van der Waals surface area contributed by atoms with E-state index in [1.165, 1.54) is 16.4 Å². The SMILES string of the molecule is O=C(c1ccc(-c2ccc(F)cc2)o1)N1CCN(S(=O)(=O)c2ccc(Br)cc2)CC1. The average Bonchev–Trinajstić information content (AvgIpc) is 3.24. The summed E-state index contributed by atoms with van der Waals surface area (Å²) in [7, 11) is -3.61. The lowest BCUT2D eigenvalue weighted by Gasteiger charge is -2.33. The van der Waals surface area contributed by atoms with Gasteiger partial charge in [-0.3, -0.25) is 4.79 Å². The molecule has 1 fully saturated rings. The van der Waals surface area contributed by atoms with Gasteiger partial charge in [0.25, 0.3) is 5.91 Å². The van der Waals surface area contributed by atoms with Gasteiger partial charge in [0.15, 0.2) is 5.76 Å². The number of carbonyl (C=O) groups is 1. The van der Waals surface area contributed by atoms with Gasteiger partial charge in [0, 0.05) is 36.2 Å². The van der Waals surface area contributed by atoms with Crippen LogP contribution in [0.3, 0.4) is 0 Å². The van der Waals surface area contributed by atoms with Crippen LogP contribution in [0.5, 0.6) is 0 Å². The van der Waals surface area contributed by atoms with Crippen LogP contribution in [0, 0.1) is 5.82 Å². The van der Waals surface area contributed by atoms with Gasteiger partial charge in [0.05, 0.1) is 4.90 Å². The van der Waals surface area contributed by atoms with Crippen LogP contribution < -0.4 is 0 Å². The summed E-state index contributed by atoms with van der Waals surface area (Å²) < 4.78 is 46.5. The molecule has 0 saturated carbocycles. The molecule has 30 heavy (non-hydrogen) atoms. The summed E-state index contributed by atoms with van der Waals surface area (Å²) in [6.07, 6.45) is 0. The van der Waals surface area contributed by atoms with Crippen molar-refractivity contribution in [3.63, 3.8) is 0 Å². The molecule has 1 aliphatic heterocycles. The highest BCUT2D eigenvalue weighted by Gasteiger charge is 2.31. The molecule has 1 saturated heterocycles. The van der Waals surface area contributed by atoms with Gasteiger partial charge in [-0.2, -0.15) is 4.31 Å². The second-order valence-electron chi connectivity index (χ2n) is 6.82. The van der Waals surface area contributed by atoms with Gasteiger partial charge in [-0.25, -0.2) is 12.8 Å². The largest absolute Gasteiger partial charge is 0.451 e. The van der Waals surface area contributed by atoms with E-state index in [2.05, 4.69) is 15.9 Å². The lowest BCUT2D eigenvalue weighted by Crippen LogP contribution is -2.50. The Morgan fingerprint density at radius 2 is 1.53 bits per heavy atom. The average molecular weight is 493 g/mol. The fraction of sp³-hybridized carbons (Fsp3) is 0.190. The quantitative estimate of drug-likeness (QED) is 0.551. The molecule has 6 nitrogen and oxygen atoms in total. The number of piperazine rings is 1. The Hall–Kier alpha value is -2.49. The highest BCUT2D eigenvalue weighted by Crippen LogP contribution is 2.24. The predicted octanol–water partition coefficient (Wildman–Crippen LogP) is 3.99. The van der Waals surface area contributed by atoms with Crippen molar-refractivity contribution in [2.45, 2.75) is 4.90 Å². The number of rotatable bonds is 4. The first kappa shape index (κ1) is 20.8. The van der Waals surface area contributed by atoms with E-state index in [1.54, 1.807) is 53.4 Å². The van der Waals surface area contributed by atoms with Crippen molar-refractivity contribution >= 4 is 31.9 Å². The molecule has 0 aliphatic carbocycles. The third-order valence-electron chi connectivity index (χ3n) is 4.92. The molecule has 0 N–H and O–H groups in total. The van der Waals surface area contributed by atoms with Crippen molar-refractivity contribution in [3.8, 4) is 11.3 Å². The molecule has 1 amide bonds. The molecule has 1 aliphatic rings. The number of halogens is 2. The number of benzene rings is 2. The first-order valence-corrected chi connectivity index (χ1v) is 11.5. The number of nitrogens with zero attached hydrogens (tertiary/aromatic N) is 2. The summed E-state index contributed by atoms with van der Waals surface area (Å²) in [6.45, 7) is 0.938. The van der Waals surface area contributed by atoms with E-state index in [0.29, 0.717) is 11.3 Å². The molecule has 4 rings (SSSR count). The van der Waals surface area contributed by atoms with Crippen LogP contribution >= 0.6 is 15.9 Å². The normalized spacial score (nSPS) is 15.3. The summed E-state index contributed by atoms with van der Waals surface area (Å²) >= 11 is 3.30. The van der Waals surface area contributed by atoms with Gasteiger partial charge >= 0.3 is 0 Å². The Labute approximate surface area is 182 Å². The maximum Gasteiger partial charge on any atom is 0.289 e. The van der Waals surface area contributed by atoms with Crippen molar-refractivity contribution < 1.29 is 22.0 Å². The number of amides is 1. The molecule has 0 unspecified atom stereocenters. The van der Waals surface area contributed by atoms with Crippen molar-refractivity contribution in [1.29, 1.82) is 0 Å². The molecule has 3 aromatic rings. The van der Waals surface area contributed by atoms with Gasteiger partial charge in [0.2, 0.25) is 10.0 Å². The summed E-state index contributed by atoms with van der Waals surface area (Å²) in [5.74, 6) is -0.0186. The first-order valence-electron chi connectivity index (χ1n) is 9.25. The van der Waals surface area contributed by atoms with Crippen LogP contribution in [0.15, 0.2) is 74.4 Å². The minimum atomic E-state index is -3.61. The van der Waals surface area contributed by atoms with E-state index < -0.39 is 10.0 Å². The highest BCUT2D eigenvalue weighted by atomic mass is 79.9. The number of carbonyl (C=O) groups excluding carboxylic acids is 1. The lowest BCUT2D eigenvalue weighted by atomic mass is 10.2. The summed E-state index contributed by atoms with van der Waals surface area (Å²) in [4.78, 5) is 14.6.